The molecule has 2 aliphatic heterocycles. The summed E-state index contributed by atoms with van der Waals surface area (Å²) in [6.45, 7) is 5.91. The van der Waals surface area contributed by atoms with E-state index in [1.165, 1.54) is 37.4 Å². The number of likely N-dealkylation sites (tertiary alicyclic amines) is 1. The highest BCUT2D eigenvalue weighted by Gasteiger charge is 2.34. The van der Waals surface area contributed by atoms with E-state index in [9.17, 15) is 15.0 Å². The van der Waals surface area contributed by atoms with E-state index >= 15 is 0 Å². The highest BCUT2D eigenvalue weighted by atomic mass is 16.3. The molecule has 0 aromatic heterocycles. The van der Waals surface area contributed by atoms with Crippen molar-refractivity contribution in [1.29, 1.82) is 0 Å². The second-order valence-corrected chi connectivity index (χ2v) is 7.63. The number of hydrogen-bond donors (Lipinski definition) is 3. The van der Waals surface area contributed by atoms with Crippen molar-refractivity contribution in [3.8, 4) is 0 Å². The number of benzene rings is 1. The Balaban J connectivity index is 1.69. The molecule has 26 heavy (non-hydrogen) atoms. The van der Waals surface area contributed by atoms with Gasteiger partial charge in [0.2, 0.25) is 5.91 Å². The van der Waals surface area contributed by atoms with Crippen LogP contribution in [0.4, 0.5) is 5.69 Å². The van der Waals surface area contributed by atoms with Gasteiger partial charge in [0.1, 0.15) is 0 Å². The van der Waals surface area contributed by atoms with Crippen molar-refractivity contribution in [3.05, 3.63) is 29.8 Å². The van der Waals surface area contributed by atoms with Gasteiger partial charge in [-0.25, -0.2) is 0 Å². The normalized spacial score (nSPS) is 27.3. The first kappa shape index (κ1) is 19.1. The van der Waals surface area contributed by atoms with Gasteiger partial charge in [0.05, 0.1) is 12.2 Å². The first-order valence-corrected chi connectivity index (χ1v) is 9.70. The lowest BCUT2D eigenvalue weighted by atomic mass is 9.92. The molecule has 1 amide bonds. The minimum Gasteiger partial charge on any atom is -0.390 e. The Labute approximate surface area is 155 Å². The summed E-state index contributed by atoms with van der Waals surface area (Å²) in [6.07, 6.45) is 2.20. The van der Waals surface area contributed by atoms with Crippen LogP contribution in [0.1, 0.15) is 31.7 Å². The van der Waals surface area contributed by atoms with E-state index in [1.807, 2.05) is 0 Å². The summed E-state index contributed by atoms with van der Waals surface area (Å²) in [6, 6.07) is 8.49. The van der Waals surface area contributed by atoms with Crippen LogP contribution in [0.5, 0.6) is 0 Å². The third-order valence-electron chi connectivity index (χ3n) is 5.51. The van der Waals surface area contributed by atoms with Gasteiger partial charge in [0, 0.05) is 57.8 Å². The number of aliphatic hydroxyl groups is 2. The molecule has 1 aromatic carbocycles. The average molecular weight is 361 g/mol. The maximum Gasteiger partial charge on any atom is 0.216 e. The van der Waals surface area contributed by atoms with Crippen molar-refractivity contribution in [2.24, 2.45) is 5.92 Å². The highest BCUT2D eigenvalue weighted by molar-refractivity contribution is 5.72. The van der Waals surface area contributed by atoms with E-state index in [1.54, 1.807) is 0 Å². The number of para-hydroxylation sites is 1. The molecule has 0 unspecified atom stereocenters. The fourth-order valence-electron chi connectivity index (χ4n) is 4.12. The predicted octanol–water partition coefficient (Wildman–Crippen LogP) is 0.967. The van der Waals surface area contributed by atoms with Gasteiger partial charge in [-0.3, -0.25) is 9.69 Å². The van der Waals surface area contributed by atoms with E-state index in [4.69, 9.17) is 0 Å². The quantitative estimate of drug-likeness (QED) is 0.729. The number of piperidine rings is 2. The molecular weight excluding hydrogens is 330 g/mol. The molecule has 6 nitrogen and oxygen atoms in total. The van der Waals surface area contributed by atoms with Crippen LogP contribution in [0.15, 0.2) is 24.3 Å². The average Bonchev–Trinajstić information content (AvgIpc) is 2.64. The van der Waals surface area contributed by atoms with Gasteiger partial charge in [-0.1, -0.05) is 18.2 Å². The second-order valence-electron chi connectivity index (χ2n) is 7.63. The van der Waals surface area contributed by atoms with Crippen LogP contribution in [-0.2, 0) is 11.3 Å². The number of amides is 1. The van der Waals surface area contributed by atoms with Gasteiger partial charge >= 0.3 is 0 Å². The maximum atomic E-state index is 11.2. The summed E-state index contributed by atoms with van der Waals surface area (Å²) in [7, 11) is 0. The number of anilines is 1. The summed E-state index contributed by atoms with van der Waals surface area (Å²) in [5.74, 6) is -0.274. The molecule has 144 valence electrons. The van der Waals surface area contributed by atoms with Crippen molar-refractivity contribution in [2.45, 2.75) is 44.9 Å². The minimum absolute atomic E-state index is 0.112. The Morgan fingerprint density at radius 1 is 1.15 bits per heavy atom. The molecule has 2 aliphatic rings. The lowest BCUT2D eigenvalue weighted by Gasteiger charge is -2.40. The van der Waals surface area contributed by atoms with Crippen molar-refractivity contribution >= 4 is 11.6 Å². The van der Waals surface area contributed by atoms with Crippen LogP contribution in [-0.4, -0.2) is 66.0 Å². The molecule has 0 spiro atoms. The third kappa shape index (κ3) is 4.75. The van der Waals surface area contributed by atoms with Crippen LogP contribution >= 0.6 is 0 Å². The maximum absolute atomic E-state index is 11.2. The Bertz CT molecular complexity index is 604. The predicted molar refractivity (Wildman–Crippen MR) is 102 cm³/mol. The Morgan fingerprint density at radius 2 is 1.88 bits per heavy atom. The van der Waals surface area contributed by atoms with Crippen LogP contribution in [0.25, 0.3) is 0 Å². The monoisotopic (exact) mass is 361 g/mol. The number of carbonyl (C=O) groups is 1. The molecular formula is C20H31N3O3. The first-order valence-electron chi connectivity index (χ1n) is 9.70. The van der Waals surface area contributed by atoms with Gasteiger partial charge in [-0.05, 0) is 30.9 Å². The fourth-order valence-corrected chi connectivity index (χ4v) is 4.12. The number of rotatable bonds is 5. The molecule has 0 saturated carbocycles. The molecule has 2 fully saturated rings. The molecule has 1 aromatic rings. The molecule has 0 aliphatic carbocycles. The van der Waals surface area contributed by atoms with Gasteiger partial charge in [0.15, 0.2) is 0 Å². The van der Waals surface area contributed by atoms with Gasteiger partial charge in [-0.2, -0.15) is 0 Å². The minimum atomic E-state index is -0.796. The first-order chi connectivity index (χ1) is 12.5. The number of hydrogen-bond acceptors (Lipinski definition) is 5. The van der Waals surface area contributed by atoms with Gasteiger partial charge < -0.3 is 20.4 Å². The highest BCUT2D eigenvalue weighted by Crippen LogP contribution is 2.27. The molecule has 2 heterocycles. The van der Waals surface area contributed by atoms with E-state index in [-0.39, 0.29) is 11.8 Å². The Hall–Kier alpha value is -1.63. The van der Waals surface area contributed by atoms with E-state index in [0.29, 0.717) is 19.6 Å². The van der Waals surface area contributed by atoms with Crippen molar-refractivity contribution in [2.75, 3.05) is 37.6 Å². The third-order valence-corrected chi connectivity index (χ3v) is 5.51. The summed E-state index contributed by atoms with van der Waals surface area (Å²) in [5, 5.41) is 23.3. The Morgan fingerprint density at radius 3 is 2.62 bits per heavy atom. The van der Waals surface area contributed by atoms with Crippen LogP contribution in [0.3, 0.4) is 0 Å². The zero-order valence-electron chi connectivity index (χ0n) is 15.6. The molecule has 6 heteroatoms. The topological polar surface area (TPSA) is 76.0 Å². The van der Waals surface area contributed by atoms with E-state index < -0.39 is 12.2 Å². The Kier molecular flexibility index (Phi) is 6.51. The second kappa shape index (κ2) is 8.84. The van der Waals surface area contributed by atoms with Crippen LogP contribution < -0.4 is 10.2 Å². The fraction of sp³-hybridized carbons (Fsp3) is 0.650. The zero-order valence-corrected chi connectivity index (χ0v) is 15.6. The SMILES string of the molecule is CC(=O)NC[C@H]1CN(Cc2ccccc2N2CCCCC2)C[C@@H](O)[C@H]1O. The summed E-state index contributed by atoms with van der Waals surface area (Å²) < 4.78 is 0. The van der Waals surface area contributed by atoms with Crippen molar-refractivity contribution < 1.29 is 15.0 Å². The molecule has 3 N–H and O–H groups in total. The number of carbonyl (C=O) groups excluding carboxylic acids is 1. The van der Waals surface area contributed by atoms with Crippen LogP contribution in [0.2, 0.25) is 0 Å². The van der Waals surface area contributed by atoms with Gasteiger partial charge in [0.25, 0.3) is 0 Å². The number of aliphatic hydroxyl groups excluding tert-OH is 2. The van der Waals surface area contributed by atoms with Crippen LogP contribution in [0, 0.1) is 5.92 Å². The number of nitrogens with one attached hydrogen (secondary N) is 1. The molecule has 2 saturated heterocycles. The summed E-state index contributed by atoms with van der Waals surface area (Å²) in [5.41, 5.74) is 2.54. The van der Waals surface area contributed by atoms with Gasteiger partial charge in [-0.15, -0.1) is 0 Å². The van der Waals surface area contributed by atoms with Crippen molar-refractivity contribution in [3.63, 3.8) is 0 Å². The number of nitrogens with zero attached hydrogens (tertiary/aromatic N) is 2. The summed E-state index contributed by atoms with van der Waals surface area (Å²) >= 11 is 0. The molecule has 3 rings (SSSR count). The van der Waals surface area contributed by atoms with E-state index in [2.05, 4.69) is 39.4 Å². The van der Waals surface area contributed by atoms with Crippen molar-refractivity contribution in [1.82, 2.24) is 10.2 Å². The zero-order chi connectivity index (χ0) is 18.5. The largest absolute Gasteiger partial charge is 0.390 e. The smallest absolute Gasteiger partial charge is 0.216 e. The lowest BCUT2D eigenvalue weighted by Crippen LogP contribution is -2.55. The summed E-state index contributed by atoms with van der Waals surface area (Å²) in [4.78, 5) is 15.8. The lowest BCUT2D eigenvalue weighted by molar-refractivity contribution is -0.120. The van der Waals surface area contributed by atoms with E-state index in [0.717, 1.165) is 19.6 Å². The molecule has 3 atom stereocenters. The standard InChI is InChI=1S/C20H31N3O3/c1-15(24)21-11-17-13-22(14-19(25)20(17)26)12-16-7-3-4-8-18(16)23-9-5-2-6-10-23/h3-4,7-8,17,19-20,25-26H,2,5-6,9-14H2,1H3,(H,21,24)/t17-,19+,20-/m0/s1. The molecule has 0 radical (unpaired) electrons. The number of β-amino-alcohol motifs (C(OH)–C–C–N with tert-alkyl or cyclic N) is 1. The molecule has 0 bridgehead atoms.